The Labute approximate surface area is 234 Å². The molecule has 0 aliphatic carbocycles. The van der Waals surface area contributed by atoms with Gasteiger partial charge in [0.1, 0.15) is 11.8 Å². The van der Waals surface area contributed by atoms with Crippen LogP contribution >= 0.6 is 0 Å². The minimum Gasteiger partial charge on any atom is -0.483 e. The lowest BCUT2D eigenvalue weighted by atomic mass is 10.1. The fourth-order valence-corrected chi connectivity index (χ4v) is 4.71. The number of carboxylic acids is 1. The number of oxazole rings is 1. The summed E-state index contributed by atoms with van der Waals surface area (Å²) in [4.78, 5) is 38.6. The predicted molar refractivity (Wildman–Crippen MR) is 145 cm³/mol. The van der Waals surface area contributed by atoms with E-state index in [2.05, 4.69) is 15.0 Å². The number of ether oxygens (including phenoxy) is 3. The maximum Gasteiger partial charge on any atom is 0.328 e. The standard InChI is InChI=1S/C29H29FN4O7/c1-4-12-38-26-23-27(33-29(32-26)40-21-10-6-5-8-19(21)30)41-25(31-23)18-13-16(2)24(17(3)14-18)39-15-22(35)34-11-7-9-20(34)28(36)37/h5-6,8,10,13-14,20H,4,7,9,11-12,15H2,1-3H3,(H,36,37)/t20-/m0/s1. The third-order valence-corrected chi connectivity index (χ3v) is 6.59. The number of likely N-dealkylation sites (tertiary alicyclic amines) is 1. The van der Waals surface area contributed by atoms with Crippen LogP contribution in [0.3, 0.4) is 0 Å². The van der Waals surface area contributed by atoms with Gasteiger partial charge in [0.05, 0.1) is 6.61 Å². The second-order valence-electron chi connectivity index (χ2n) is 9.68. The number of nitrogens with zero attached hydrogens (tertiary/aromatic N) is 4. The number of rotatable bonds is 10. The molecule has 0 spiro atoms. The third-order valence-electron chi connectivity index (χ3n) is 6.59. The van der Waals surface area contributed by atoms with Crippen molar-refractivity contribution in [1.82, 2.24) is 19.9 Å². The van der Waals surface area contributed by atoms with E-state index in [0.717, 1.165) is 17.5 Å². The number of aryl methyl sites for hydroxylation is 2. The van der Waals surface area contributed by atoms with Gasteiger partial charge in [0.2, 0.25) is 5.89 Å². The van der Waals surface area contributed by atoms with Gasteiger partial charge in [-0.1, -0.05) is 19.1 Å². The van der Waals surface area contributed by atoms with E-state index in [0.29, 0.717) is 37.3 Å². The summed E-state index contributed by atoms with van der Waals surface area (Å²) in [5.41, 5.74) is 2.47. The molecule has 11 nitrogen and oxygen atoms in total. The van der Waals surface area contributed by atoms with E-state index in [4.69, 9.17) is 18.6 Å². The molecule has 0 saturated carbocycles. The normalized spacial score (nSPS) is 14.8. The Balaban J connectivity index is 1.40. The second kappa shape index (κ2) is 11.8. The smallest absolute Gasteiger partial charge is 0.328 e. The Morgan fingerprint density at radius 3 is 2.59 bits per heavy atom. The maximum atomic E-state index is 14.2. The van der Waals surface area contributed by atoms with Crippen molar-refractivity contribution in [2.75, 3.05) is 19.8 Å². The molecular weight excluding hydrogens is 535 g/mol. The molecule has 1 N–H and O–H groups in total. The number of hydrogen-bond donors (Lipinski definition) is 1. The molecular formula is C29H29FN4O7. The topological polar surface area (TPSA) is 137 Å². The van der Waals surface area contributed by atoms with E-state index < -0.39 is 17.8 Å². The SMILES string of the molecule is CCCOc1nc(Oc2ccccc2F)nc2oc(-c3cc(C)c(OCC(=O)N4CCC[C@H]4C(=O)O)c(C)c3)nc12. The molecule has 214 valence electrons. The molecule has 2 aromatic heterocycles. The highest BCUT2D eigenvalue weighted by molar-refractivity contribution is 5.85. The Kier molecular flexibility index (Phi) is 7.99. The summed E-state index contributed by atoms with van der Waals surface area (Å²) in [6, 6.07) is 8.52. The average Bonchev–Trinajstić information content (AvgIpc) is 3.60. The van der Waals surface area contributed by atoms with Crippen LogP contribution in [0.1, 0.15) is 37.3 Å². The largest absolute Gasteiger partial charge is 0.483 e. The van der Waals surface area contributed by atoms with E-state index >= 15 is 0 Å². The van der Waals surface area contributed by atoms with Gasteiger partial charge in [-0.25, -0.2) is 14.2 Å². The van der Waals surface area contributed by atoms with Crippen LogP contribution in [0.2, 0.25) is 0 Å². The van der Waals surface area contributed by atoms with Crippen LogP contribution in [0.4, 0.5) is 4.39 Å². The molecule has 1 atom stereocenters. The van der Waals surface area contributed by atoms with Crippen molar-refractivity contribution < 1.29 is 37.7 Å². The Morgan fingerprint density at radius 2 is 1.88 bits per heavy atom. The highest BCUT2D eigenvalue weighted by Gasteiger charge is 2.34. The first-order valence-electron chi connectivity index (χ1n) is 13.3. The van der Waals surface area contributed by atoms with Crippen molar-refractivity contribution in [3.8, 4) is 34.8 Å². The number of fused-ring (bicyclic) bond motifs is 1. The van der Waals surface area contributed by atoms with Crippen molar-refractivity contribution in [2.45, 2.75) is 46.1 Å². The first-order chi connectivity index (χ1) is 19.7. The number of aromatic nitrogens is 3. The highest BCUT2D eigenvalue weighted by atomic mass is 19.1. The number of amides is 1. The molecule has 1 aliphatic heterocycles. The van der Waals surface area contributed by atoms with Crippen LogP contribution in [0.15, 0.2) is 40.8 Å². The zero-order valence-electron chi connectivity index (χ0n) is 22.8. The van der Waals surface area contributed by atoms with Crippen LogP contribution in [-0.4, -0.2) is 62.6 Å². The van der Waals surface area contributed by atoms with Gasteiger partial charge < -0.3 is 28.6 Å². The summed E-state index contributed by atoms with van der Waals surface area (Å²) in [6.07, 6.45) is 1.80. The average molecular weight is 565 g/mol. The molecule has 41 heavy (non-hydrogen) atoms. The van der Waals surface area contributed by atoms with Gasteiger partial charge in [0.15, 0.2) is 23.7 Å². The number of carbonyl (C=O) groups excluding carboxylic acids is 1. The number of hydrogen-bond acceptors (Lipinski definition) is 9. The van der Waals surface area contributed by atoms with Gasteiger partial charge >= 0.3 is 12.0 Å². The van der Waals surface area contributed by atoms with Crippen LogP contribution in [0.5, 0.6) is 23.4 Å². The van der Waals surface area contributed by atoms with Crippen molar-refractivity contribution >= 4 is 23.1 Å². The quantitative estimate of drug-likeness (QED) is 0.278. The molecule has 1 amide bonds. The molecule has 5 rings (SSSR count). The number of halogens is 1. The molecule has 1 fully saturated rings. The number of para-hydroxylation sites is 1. The Morgan fingerprint density at radius 1 is 1.12 bits per heavy atom. The fraction of sp³-hybridized carbons (Fsp3) is 0.345. The van der Waals surface area contributed by atoms with Crippen molar-refractivity contribution in [2.24, 2.45) is 0 Å². The van der Waals surface area contributed by atoms with Gasteiger partial charge in [-0.2, -0.15) is 9.97 Å². The lowest BCUT2D eigenvalue weighted by Gasteiger charge is -2.22. The van der Waals surface area contributed by atoms with Crippen LogP contribution in [0, 0.1) is 19.7 Å². The first-order valence-corrected chi connectivity index (χ1v) is 13.3. The van der Waals surface area contributed by atoms with E-state index in [1.54, 1.807) is 24.3 Å². The fourth-order valence-electron chi connectivity index (χ4n) is 4.71. The van der Waals surface area contributed by atoms with E-state index in [-0.39, 0.29) is 47.3 Å². The lowest BCUT2D eigenvalue weighted by Crippen LogP contribution is -2.42. The summed E-state index contributed by atoms with van der Waals surface area (Å²) < 4.78 is 37.3. The highest BCUT2D eigenvalue weighted by Crippen LogP contribution is 2.34. The summed E-state index contributed by atoms with van der Waals surface area (Å²) in [5, 5.41) is 9.36. The molecule has 2 aromatic carbocycles. The summed E-state index contributed by atoms with van der Waals surface area (Å²) in [7, 11) is 0. The third kappa shape index (κ3) is 5.91. The van der Waals surface area contributed by atoms with Gasteiger partial charge in [0.25, 0.3) is 17.5 Å². The van der Waals surface area contributed by atoms with E-state index in [1.807, 2.05) is 20.8 Å². The summed E-state index contributed by atoms with van der Waals surface area (Å²) >= 11 is 0. The minimum atomic E-state index is -1.01. The molecule has 3 heterocycles. The second-order valence-corrected chi connectivity index (χ2v) is 9.68. The zero-order valence-corrected chi connectivity index (χ0v) is 22.8. The van der Waals surface area contributed by atoms with Crippen LogP contribution in [0.25, 0.3) is 22.7 Å². The molecule has 1 aliphatic rings. The number of benzene rings is 2. The van der Waals surface area contributed by atoms with Crippen molar-refractivity contribution in [1.29, 1.82) is 0 Å². The van der Waals surface area contributed by atoms with Gasteiger partial charge in [-0.05, 0) is 68.5 Å². The summed E-state index contributed by atoms with van der Waals surface area (Å²) in [5.74, 6) is -1.09. The molecule has 1 saturated heterocycles. The van der Waals surface area contributed by atoms with Gasteiger partial charge in [-0.15, -0.1) is 0 Å². The summed E-state index contributed by atoms with van der Waals surface area (Å²) in [6.45, 7) is 6.08. The molecule has 4 aromatic rings. The lowest BCUT2D eigenvalue weighted by molar-refractivity contribution is -0.149. The number of aliphatic carboxylic acids is 1. The van der Waals surface area contributed by atoms with Gasteiger partial charge in [0, 0.05) is 12.1 Å². The number of carbonyl (C=O) groups is 2. The van der Waals surface area contributed by atoms with Crippen molar-refractivity contribution in [3.05, 3.63) is 53.3 Å². The molecule has 12 heteroatoms. The minimum absolute atomic E-state index is 0.0448. The number of carboxylic acid groups (broad SMARTS) is 1. The van der Waals surface area contributed by atoms with Crippen LogP contribution < -0.4 is 14.2 Å². The monoisotopic (exact) mass is 564 g/mol. The predicted octanol–water partition coefficient (Wildman–Crippen LogP) is 5.08. The van der Waals surface area contributed by atoms with E-state index in [9.17, 15) is 19.1 Å². The van der Waals surface area contributed by atoms with Crippen LogP contribution in [-0.2, 0) is 9.59 Å². The Bertz CT molecular complexity index is 1580. The zero-order chi connectivity index (χ0) is 29.1. The molecule has 0 radical (unpaired) electrons. The van der Waals surface area contributed by atoms with Crippen molar-refractivity contribution in [3.63, 3.8) is 0 Å². The maximum absolute atomic E-state index is 14.2. The van der Waals surface area contributed by atoms with Gasteiger partial charge in [-0.3, -0.25) is 4.79 Å². The van der Waals surface area contributed by atoms with E-state index in [1.165, 1.54) is 17.0 Å². The molecule has 0 bridgehead atoms. The first kappa shape index (κ1) is 27.8. The molecule has 0 unspecified atom stereocenters. The Hall–Kier alpha value is -4.74.